The van der Waals surface area contributed by atoms with Gasteiger partial charge in [0, 0.05) is 16.8 Å². The number of benzene rings is 2. The summed E-state index contributed by atoms with van der Waals surface area (Å²) >= 11 is 0. The van der Waals surface area contributed by atoms with Crippen LogP contribution >= 0.6 is 0 Å². The van der Waals surface area contributed by atoms with Crippen molar-refractivity contribution in [1.29, 1.82) is 0 Å². The number of hydrogen-bond acceptors (Lipinski definition) is 2. The van der Waals surface area contributed by atoms with Gasteiger partial charge in [-0.3, -0.25) is 0 Å². The lowest BCUT2D eigenvalue weighted by atomic mass is 10.0. The van der Waals surface area contributed by atoms with Gasteiger partial charge in [-0.1, -0.05) is 73.3 Å². The molecule has 3 aromatic rings. The molecule has 130 valence electrons. The molecule has 26 heavy (non-hydrogen) atoms. The third kappa shape index (κ3) is 4.42. The maximum atomic E-state index is 4.74. The smallest absolute Gasteiger partial charge is 0.160 e. The van der Waals surface area contributed by atoms with E-state index in [1.54, 1.807) is 0 Å². The van der Waals surface area contributed by atoms with Crippen LogP contribution in [0.1, 0.15) is 18.2 Å². The third-order valence-electron chi connectivity index (χ3n) is 3.93. The van der Waals surface area contributed by atoms with Gasteiger partial charge in [0.2, 0.25) is 0 Å². The molecule has 0 aliphatic carbocycles. The van der Waals surface area contributed by atoms with E-state index < -0.39 is 0 Å². The minimum absolute atomic E-state index is 0.751. The zero-order chi connectivity index (χ0) is 18.9. The van der Waals surface area contributed by atoms with Crippen LogP contribution in [0.3, 0.4) is 0 Å². The first-order valence-electron chi connectivity index (χ1n) is 8.52. The van der Waals surface area contributed by atoms with Gasteiger partial charge < -0.3 is 0 Å². The number of aromatic nitrogens is 2. The molecule has 2 aromatic carbocycles. The monoisotopic (exact) mass is 340 g/mol. The van der Waals surface area contributed by atoms with E-state index in [0.29, 0.717) is 0 Å². The van der Waals surface area contributed by atoms with Crippen molar-refractivity contribution in [3.05, 3.63) is 104 Å². The Labute approximate surface area is 156 Å². The number of allylic oxidation sites excluding steroid dienone is 3. The largest absolute Gasteiger partial charge is 0.233 e. The van der Waals surface area contributed by atoms with E-state index in [1.807, 2.05) is 44.2 Å². The van der Waals surface area contributed by atoms with E-state index in [9.17, 15) is 0 Å². The van der Waals surface area contributed by atoms with Crippen molar-refractivity contribution in [2.24, 2.45) is 0 Å². The molecule has 0 fully saturated rings. The lowest BCUT2D eigenvalue weighted by Gasteiger charge is -2.08. The van der Waals surface area contributed by atoms with Gasteiger partial charge in [0.25, 0.3) is 0 Å². The first kappa shape index (κ1) is 19.1. The van der Waals surface area contributed by atoms with Crippen molar-refractivity contribution in [3.63, 3.8) is 0 Å². The molecule has 0 spiro atoms. The van der Waals surface area contributed by atoms with Crippen LogP contribution in [0.25, 0.3) is 28.2 Å². The standard InChI is InChI=1S/C22H20N2.C2H4/c1-4-17(5-2)18-11-13-20(14-12-18)22-23-16(3)15-21(24-22)19-9-7-6-8-10-19;1-2/h4-15H,1H2,2-3H3;1-2H2/b17-5+;. The predicted molar refractivity (Wildman–Crippen MR) is 113 cm³/mol. The lowest BCUT2D eigenvalue weighted by molar-refractivity contribution is 1.11. The first-order chi connectivity index (χ1) is 12.7. The Hall–Kier alpha value is -3.26. The molecule has 1 heterocycles. The van der Waals surface area contributed by atoms with Crippen LogP contribution in [0.5, 0.6) is 0 Å². The highest BCUT2D eigenvalue weighted by Gasteiger charge is 2.07. The van der Waals surface area contributed by atoms with Gasteiger partial charge in [-0.2, -0.15) is 0 Å². The van der Waals surface area contributed by atoms with E-state index in [2.05, 4.69) is 67.2 Å². The first-order valence-corrected chi connectivity index (χ1v) is 8.52. The molecule has 0 aliphatic rings. The Morgan fingerprint density at radius 2 is 1.54 bits per heavy atom. The molecule has 0 saturated carbocycles. The van der Waals surface area contributed by atoms with Crippen LogP contribution in [0.2, 0.25) is 0 Å². The molecule has 0 bridgehead atoms. The molecule has 2 nitrogen and oxygen atoms in total. The number of hydrogen-bond donors (Lipinski definition) is 0. The third-order valence-corrected chi connectivity index (χ3v) is 3.93. The Bertz CT molecular complexity index is 891. The lowest BCUT2D eigenvalue weighted by Crippen LogP contribution is -1.95. The Balaban J connectivity index is 0.00000117. The molecule has 0 atom stereocenters. The fourth-order valence-electron chi connectivity index (χ4n) is 2.67. The van der Waals surface area contributed by atoms with Crippen LogP contribution < -0.4 is 0 Å². The van der Waals surface area contributed by atoms with E-state index in [1.165, 1.54) is 0 Å². The van der Waals surface area contributed by atoms with Crippen molar-refractivity contribution in [3.8, 4) is 22.6 Å². The molecule has 2 heteroatoms. The zero-order valence-corrected chi connectivity index (χ0v) is 15.4. The fourth-order valence-corrected chi connectivity index (χ4v) is 2.67. The van der Waals surface area contributed by atoms with Gasteiger partial charge in [0.1, 0.15) is 0 Å². The van der Waals surface area contributed by atoms with Gasteiger partial charge in [-0.15, -0.1) is 13.2 Å². The number of nitrogens with zero attached hydrogens (tertiary/aromatic N) is 2. The van der Waals surface area contributed by atoms with Crippen molar-refractivity contribution in [2.45, 2.75) is 13.8 Å². The molecule has 1 aromatic heterocycles. The minimum Gasteiger partial charge on any atom is -0.233 e. The highest BCUT2D eigenvalue weighted by Crippen LogP contribution is 2.24. The minimum atomic E-state index is 0.751. The van der Waals surface area contributed by atoms with Crippen LogP contribution in [0.15, 0.2) is 92.6 Å². The van der Waals surface area contributed by atoms with Crippen molar-refractivity contribution >= 4 is 5.57 Å². The van der Waals surface area contributed by atoms with Crippen LogP contribution in [0, 0.1) is 6.92 Å². The van der Waals surface area contributed by atoms with Crippen LogP contribution in [0.4, 0.5) is 0 Å². The van der Waals surface area contributed by atoms with E-state index in [4.69, 9.17) is 4.98 Å². The SMILES string of the molecule is C=C.C=C/C(=C\C)c1ccc(-c2nc(C)cc(-c3ccccc3)n2)cc1. The molecule has 0 saturated heterocycles. The molecular formula is C24H24N2. The van der Waals surface area contributed by atoms with Crippen molar-refractivity contribution < 1.29 is 0 Å². The molecule has 0 radical (unpaired) electrons. The molecule has 0 aliphatic heterocycles. The Morgan fingerprint density at radius 1 is 0.885 bits per heavy atom. The van der Waals surface area contributed by atoms with Gasteiger partial charge in [0.15, 0.2) is 5.82 Å². The summed E-state index contributed by atoms with van der Waals surface area (Å²) in [5, 5.41) is 0. The molecular weight excluding hydrogens is 316 g/mol. The summed E-state index contributed by atoms with van der Waals surface area (Å²) in [6.45, 7) is 13.9. The summed E-state index contributed by atoms with van der Waals surface area (Å²) in [7, 11) is 0. The summed E-state index contributed by atoms with van der Waals surface area (Å²) in [5.41, 5.74) is 6.29. The highest BCUT2D eigenvalue weighted by atomic mass is 14.9. The average Bonchev–Trinajstić information content (AvgIpc) is 2.71. The van der Waals surface area contributed by atoms with Crippen LogP contribution in [-0.2, 0) is 0 Å². The molecule has 3 rings (SSSR count). The topological polar surface area (TPSA) is 25.8 Å². The summed E-state index contributed by atoms with van der Waals surface area (Å²) in [4.78, 5) is 9.34. The second-order valence-electron chi connectivity index (χ2n) is 5.61. The van der Waals surface area contributed by atoms with Gasteiger partial charge >= 0.3 is 0 Å². The van der Waals surface area contributed by atoms with E-state index in [0.717, 1.165) is 39.5 Å². The van der Waals surface area contributed by atoms with Gasteiger partial charge in [-0.25, -0.2) is 9.97 Å². The van der Waals surface area contributed by atoms with Gasteiger partial charge in [0.05, 0.1) is 5.69 Å². The van der Waals surface area contributed by atoms with Crippen LogP contribution in [-0.4, -0.2) is 9.97 Å². The van der Waals surface area contributed by atoms with E-state index in [-0.39, 0.29) is 0 Å². The number of aryl methyl sites for hydroxylation is 1. The number of rotatable bonds is 4. The second-order valence-corrected chi connectivity index (χ2v) is 5.61. The van der Waals surface area contributed by atoms with Gasteiger partial charge in [-0.05, 0) is 31.1 Å². The molecule has 0 N–H and O–H groups in total. The fraction of sp³-hybridized carbons (Fsp3) is 0.0833. The summed E-state index contributed by atoms with van der Waals surface area (Å²) in [6.07, 6.45) is 3.92. The van der Waals surface area contributed by atoms with Crippen molar-refractivity contribution in [1.82, 2.24) is 9.97 Å². The Kier molecular flexibility index (Phi) is 6.81. The molecule has 0 amide bonds. The molecule has 0 unspecified atom stereocenters. The van der Waals surface area contributed by atoms with Crippen molar-refractivity contribution in [2.75, 3.05) is 0 Å². The predicted octanol–water partition coefficient (Wildman–Crippen LogP) is 6.51. The second kappa shape index (κ2) is 9.28. The quantitative estimate of drug-likeness (QED) is 0.399. The summed E-state index contributed by atoms with van der Waals surface area (Å²) in [5.74, 6) is 0.751. The maximum absolute atomic E-state index is 4.74. The summed E-state index contributed by atoms with van der Waals surface area (Å²) < 4.78 is 0. The normalized spacial score (nSPS) is 10.6. The Morgan fingerprint density at radius 3 is 2.12 bits per heavy atom. The average molecular weight is 340 g/mol. The zero-order valence-electron chi connectivity index (χ0n) is 15.4. The maximum Gasteiger partial charge on any atom is 0.160 e. The van der Waals surface area contributed by atoms with E-state index >= 15 is 0 Å². The summed E-state index contributed by atoms with van der Waals surface area (Å²) in [6, 6.07) is 20.5. The highest BCUT2D eigenvalue weighted by molar-refractivity contribution is 5.75.